The third kappa shape index (κ3) is 3.35. The molecule has 1 amide bonds. The Labute approximate surface area is 72.7 Å². The van der Waals surface area contributed by atoms with Gasteiger partial charge in [-0.05, 0) is 13.8 Å². The molecule has 4 heteroatoms. The van der Waals surface area contributed by atoms with Gasteiger partial charge in [0, 0.05) is 13.1 Å². The van der Waals surface area contributed by atoms with Gasteiger partial charge in [-0.25, -0.2) is 0 Å². The molecule has 3 N–H and O–H groups in total. The van der Waals surface area contributed by atoms with Crippen molar-refractivity contribution in [3.8, 4) is 6.07 Å². The molecule has 0 aliphatic rings. The topological polar surface area (TPSA) is 78.9 Å². The average Bonchev–Trinajstić information content (AvgIpc) is 2.05. The van der Waals surface area contributed by atoms with Crippen molar-refractivity contribution in [3.63, 3.8) is 0 Å². The summed E-state index contributed by atoms with van der Waals surface area (Å²) in [5.74, 6) is -0.0970. The fraction of sp³-hybridized carbons (Fsp3) is 0.750. The molecule has 68 valence electrons. The van der Waals surface area contributed by atoms with Crippen molar-refractivity contribution in [2.75, 3.05) is 13.1 Å². The monoisotopic (exact) mass is 169 g/mol. The third-order valence-electron chi connectivity index (χ3n) is 1.65. The highest BCUT2D eigenvalue weighted by molar-refractivity contribution is 5.81. The van der Waals surface area contributed by atoms with Crippen molar-refractivity contribution in [3.05, 3.63) is 0 Å². The number of nitrogens with zero attached hydrogens (tertiary/aromatic N) is 1. The van der Waals surface area contributed by atoms with Gasteiger partial charge in [0.05, 0.1) is 17.9 Å². The Hall–Kier alpha value is -1.08. The summed E-state index contributed by atoms with van der Waals surface area (Å²) in [5.41, 5.74) is 4.85. The van der Waals surface area contributed by atoms with Gasteiger partial charge in [-0.3, -0.25) is 4.79 Å². The number of nitrogens with two attached hydrogens (primary N) is 1. The number of nitrogens with one attached hydrogen (secondary N) is 1. The predicted molar refractivity (Wildman–Crippen MR) is 46.1 cm³/mol. The molecule has 0 aliphatic heterocycles. The van der Waals surface area contributed by atoms with Crippen molar-refractivity contribution in [2.24, 2.45) is 11.1 Å². The zero-order chi connectivity index (χ0) is 9.61. The lowest BCUT2D eigenvalue weighted by Gasteiger charge is -2.20. The minimum atomic E-state index is -0.532. The quantitative estimate of drug-likeness (QED) is 0.581. The van der Waals surface area contributed by atoms with E-state index in [1.54, 1.807) is 13.8 Å². The van der Waals surface area contributed by atoms with Crippen LogP contribution in [0.1, 0.15) is 20.3 Å². The van der Waals surface area contributed by atoms with Crippen LogP contribution in [0.15, 0.2) is 0 Å². The molecule has 0 aromatic carbocycles. The van der Waals surface area contributed by atoms with E-state index < -0.39 is 5.41 Å². The van der Waals surface area contributed by atoms with Crippen LogP contribution in [0, 0.1) is 16.7 Å². The van der Waals surface area contributed by atoms with Crippen LogP contribution in [-0.4, -0.2) is 19.0 Å². The molecule has 0 spiro atoms. The molecule has 12 heavy (non-hydrogen) atoms. The molecule has 4 nitrogen and oxygen atoms in total. The summed E-state index contributed by atoms with van der Waals surface area (Å²) in [6.45, 7) is 4.26. The first-order valence-electron chi connectivity index (χ1n) is 3.90. The van der Waals surface area contributed by atoms with Crippen LogP contribution in [0.3, 0.4) is 0 Å². The van der Waals surface area contributed by atoms with Crippen LogP contribution in [-0.2, 0) is 4.79 Å². The molecule has 0 saturated carbocycles. The van der Waals surface area contributed by atoms with Crippen molar-refractivity contribution < 1.29 is 4.79 Å². The highest BCUT2D eigenvalue weighted by Gasteiger charge is 2.24. The van der Waals surface area contributed by atoms with Crippen molar-refractivity contribution >= 4 is 5.91 Å². The van der Waals surface area contributed by atoms with Crippen molar-refractivity contribution in [1.29, 1.82) is 5.26 Å². The van der Waals surface area contributed by atoms with E-state index in [4.69, 9.17) is 11.0 Å². The normalized spacial score (nSPS) is 10.5. The smallest absolute Gasteiger partial charge is 0.226 e. The number of carbonyl (C=O) groups is 1. The molecule has 0 aromatic heterocycles. The number of hydrogen-bond donors (Lipinski definition) is 2. The van der Waals surface area contributed by atoms with Crippen molar-refractivity contribution in [1.82, 2.24) is 5.32 Å². The lowest BCUT2D eigenvalue weighted by atomic mass is 9.93. The lowest BCUT2D eigenvalue weighted by Crippen LogP contribution is -2.42. The molecule has 0 aromatic rings. The van der Waals surface area contributed by atoms with E-state index in [-0.39, 0.29) is 5.91 Å². The molecule has 0 heterocycles. The molecule has 0 atom stereocenters. The van der Waals surface area contributed by atoms with Crippen LogP contribution in [0.25, 0.3) is 0 Å². The molecule has 0 aliphatic carbocycles. The number of rotatable bonds is 4. The number of carbonyl (C=O) groups excluding carboxylic acids is 1. The van der Waals surface area contributed by atoms with E-state index >= 15 is 0 Å². The van der Waals surface area contributed by atoms with Crippen LogP contribution < -0.4 is 11.1 Å². The summed E-state index contributed by atoms with van der Waals surface area (Å²) in [6, 6.07) is 1.95. The predicted octanol–water partition coefficient (Wildman–Crippen LogP) is 0.00118. The van der Waals surface area contributed by atoms with E-state index in [2.05, 4.69) is 5.32 Å². The van der Waals surface area contributed by atoms with Gasteiger partial charge in [-0.15, -0.1) is 0 Å². The summed E-state index contributed by atoms with van der Waals surface area (Å²) in [4.78, 5) is 11.3. The SMILES string of the molecule is CC(C)(CN)C(=O)NCCC#N. The zero-order valence-electron chi connectivity index (χ0n) is 7.55. The highest BCUT2D eigenvalue weighted by Crippen LogP contribution is 2.11. The summed E-state index contributed by atoms with van der Waals surface area (Å²) in [5, 5.41) is 10.8. The van der Waals surface area contributed by atoms with Crippen LogP contribution >= 0.6 is 0 Å². The van der Waals surface area contributed by atoms with Crippen LogP contribution in [0.2, 0.25) is 0 Å². The fourth-order valence-electron chi connectivity index (χ4n) is 0.564. The molecule has 0 radical (unpaired) electrons. The van der Waals surface area contributed by atoms with E-state index in [0.717, 1.165) is 0 Å². The molecular weight excluding hydrogens is 154 g/mol. The zero-order valence-corrected chi connectivity index (χ0v) is 7.55. The summed E-state index contributed by atoms with van der Waals surface area (Å²) in [7, 11) is 0. The Kier molecular flexibility index (Phi) is 4.30. The molecule has 0 unspecified atom stereocenters. The first-order chi connectivity index (χ1) is 5.54. The van der Waals surface area contributed by atoms with Gasteiger partial charge in [0.15, 0.2) is 0 Å². The summed E-state index contributed by atoms with van der Waals surface area (Å²) < 4.78 is 0. The maximum Gasteiger partial charge on any atom is 0.226 e. The van der Waals surface area contributed by atoms with Gasteiger partial charge in [-0.1, -0.05) is 0 Å². The van der Waals surface area contributed by atoms with Crippen LogP contribution in [0.5, 0.6) is 0 Å². The average molecular weight is 169 g/mol. The van der Waals surface area contributed by atoms with E-state index in [9.17, 15) is 4.79 Å². The highest BCUT2D eigenvalue weighted by atomic mass is 16.2. The Morgan fingerprint density at radius 3 is 2.67 bits per heavy atom. The largest absolute Gasteiger partial charge is 0.355 e. The maximum atomic E-state index is 11.3. The second-order valence-electron chi connectivity index (χ2n) is 3.25. The standard InChI is InChI=1S/C8H15N3O/c1-8(2,6-10)7(12)11-5-3-4-9/h3,5-6,10H2,1-2H3,(H,11,12). The maximum absolute atomic E-state index is 11.3. The third-order valence-corrected chi connectivity index (χ3v) is 1.65. The Morgan fingerprint density at radius 2 is 2.25 bits per heavy atom. The van der Waals surface area contributed by atoms with E-state index in [1.807, 2.05) is 6.07 Å². The second kappa shape index (κ2) is 4.73. The molecule has 0 bridgehead atoms. The van der Waals surface area contributed by atoms with Gasteiger partial charge in [0.1, 0.15) is 0 Å². The minimum absolute atomic E-state index is 0.0970. The van der Waals surface area contributed by atoms with Gasteiger partial charge in [0.2, 0.25) is 5.91 Å². The first-order valence-corrected chi connectivity index (χ1v) is 3.90. The van der Waals surface area contributed by atoms with Crippen LogP contribution in [0.4, 0.5) is 0 Å². The minimum Gasteiger partial charge on any atom is -0.355 e. The molecule has 0 rings (SSSR count). The van der Waals surface area contributed by atoms with Crippen molar-refractivity contribution in [2.45, 2.75) is 20.3 Å². The Bertz CT molecular complexity index is 193. The number of hydrogen-bond acceptors (Lipinski definition) is 3. The Morgan fingerprint density at radius 1 is 1.67 bits per heavy atom. The van der Waals surface area contributed by atoms with Gasteiger partial charge in [-0.2, -0.15) is 5.26 Å². The molecular formula is C8H15N3O. The summed E-state index contributed by atoms with van der Waals surface area (Å²) in [6.07, 6.45) is 0.340. The second-order valence-corrected chi connectivity index (χ2v) is 3.25. The number of nitriles is 1. The fourth-order valence-corrected chi connectivity index (χ4v) is 0.564. The summed E-state index contributed by atoms with van der Waals surface area (Å²) >= 11 is 0. The number of amides is 1. The van der Waals surface area contributed by atoms with Gasteiger partial charge in [0.25, 0.3) is 0 Å². The van der Waals surface area contributed by atoms with Gasteiger partial charge >= 0.3 is 0 Å². The Balaban J connectivity index is 3.81. The van der Waals surface area contributed by atoms with Gasteiger partial charge < -0.3 is 11.1 Å². The molecule has 0 saturated heterocycles. The van der Waals surface area contributed by atoms with E-state index in [0.29, 0.717) is 19.5 Å². The van der Waals surface area contributed by atoms with E-state index in [1.165, 1.54) is 0 Å². The lowest BCUT2D eigenvalue weighted by molar-refractivity contribution is -0.128. The molecule has 0 fully saturated rings. The first kappa shape index (κ1) is 10.9.